The van der Waals surface area contributed by atoms with E-state index in [1.807, 2.05) is 24.3 Å². The van der Waals surface area contributed by atoms with Crippen molar-refractivity contribution in [3.63, 3.8) is 0 Å². The fourth-order valence-electron chi connectivity index (χ4n) is 1.46. The van der Waals surface area contributed by atoms with Crippen LogP contribution < -0.4 is 10.1 Å². The average Bonchev–Trinajstić information content (AvgIpc) is 2.41. The Morgan fingerprint density at radius 1 is 1.28 bits per heavy atom. The molecule has 0 saturated carbocycles. The summed E-state index contributed by atoms with van der Waals surface area (Å²) in [7, 11) is 1.49. The first-order chi connectivity index (χ1) is 8.70. The number of aromatic nitrogens is 1. The summed E-state index contributed by atoms with van der Waals surface area (Å²) >= 11 is 2.21. The van der Waals surface area contributed by atoms with Gasteiger partial charge in [0.15, 0.2) is 0 Å². The average molecular weight is 354 g/mol. The first kappa shape index (κ1) is 12.8. The van der Waals surface area contributed by atoms with Gasteiger partial charge < -0.3 is 10.1 Å². The van der Waals surface area contributed by atoms with E-state index in [0.29, 0.717) is 11.4 Å². The number of ether oxygens (including phenoxy) is 1. The molecule has 92 valence electrons. The molecule has 0 fully saturated rings. The number of hydrogen-bond donors (Lipinski definition) is 1. The summed E-state index contributed by atoms with van der Waals surface area (Å²) in [6, 6.07) is 10.9. The number of carbonyl (C=O) groups is 1. The highest BCUT2D eigenvalue weighted by molar-refractivity contribution is 14.1. The van der Waals surface area contributed by atoms with Crippen molar-refractivity contribution in [1.29, 1.82) is 0 Å². The normalized spacial score (nSPS) is 9.89. The quantitative estimate of drug-likeness (QED) is 0.863. The van der Waals surface area contributed by atoms with Crippen LogP contribution in [0.25, 0.3) is 0 Å². The number of carbonyl (C=O) groups excluding carboxylic acids is 1. The van der Waals surface area contributed by atoms with Crippen molar-refractivity contribution in [2.24, 2.45) is 0 Å². The van der Waals surface area contributed by atoms with E-state index in [-0.39, 0.29) is 5.91 Å². The summed E-state index contributed by atoms with van der Waals surface area (Å²) in [5.41, 5.74) is 1.16. The Labute approximate surface area is 119 Å². The number of anilines is 1. The van der Waals surface area contributed by atoms with Gasteiger partial charge in [0.1, 0.15) is 5.56 Å². The third-order valence-electron chi connectivity index (χ3n) is 2.31. The first-order valence-corrected chi connectivity index (χ1v) is 6.34. The van der Waals surface area contributed by atoms with E-state index in [2.05, 4.69) is 32.9 Å². The second kappa shape index (κ2) is 5.81. The smallest absolute Gasteiger partial charge is 0.261 e. The number of nitrogens with one attached hydrogen (secondary N) is 1. The van der Waals surface area contributed by atoms with E-state index in [0.717, 1.165) is 9.26 Å². The second-order valence-electron chi connectivity index (χ2n) is 3.52. The Morgan fingerprint density at radius 3 is 2.67 bits per heavy atom. The standard InChI is InChI=1S/C13H11IN2O2/c1-18-13-11(3-2-8-15-13)12(17)16-10-6-4-9(14)5-7-10/h2-8H,1H3,(H,16,17). The van der Waals surface area contributed by atoms with Crippen molar-refractivity contribution in [2.75, 3.05) is 12.4 Å². The lowest BCUT2D eigenvalue weighted by Crippen LogP contribution is -2.13. The van der Waals surface area contributed by atoms with Gasteiger partial charge in [-0.3, -0.25) is 4.79 Å². The number of rotatable bonds is 3. The Hall–Kier alpha value is -1.63. The van der Waals surface area contributed by atoms with Crippen LogP contribution in [0.15, 0.2) is 42.6 Å². The maximum Gasteiger partial charge on any atom is 0.261 e. The molecule has 1 aromatic heterocycles. The van der Waals surface area contributed by atoms with Gasteiger partial charge in [0.05, 0.1) is 7.11 Å². The largest absolute Gasteiger partial charge is 0.480 e. The van der Waals surface area contributed by atoms with Crippen LogP contribution in [0.5, 0.6) is 5.88 Å². The number of benzene rings is 1. The van der Waals surface area contributed by atoms with E-state index in [1.165, 1.54) is 7.11 Å². The van der Waals surface area contributed by atoms with E-state index in [4.69, 9.17) is 4.74 Å². The van der Waals surface area contributed by atoms with Gasteiger partial charge in [-0.25, -0.2) is 4.98 Å². The fraction of sp³-hybridized carbons (Fsp3) is 0.0769. The zero-order valence-electron chi connectivity index (χ0n) is 9.68. The van der Waals surface area contributed by atoms with Crippen LogP contribution in [-0.2, 0) is 0 Å². The Kier molecular flexibility index (Phi) is 4.14. The van der Waals surface area contributed by atoms with E-state index < -0.39 is 0 Å². The van der Waals surface area contributed by atoms with Gasteiger partial charge in [0.2, 0.25) is 5.88 Å². The molecule has 0 unspecified atom stereocenters. The van der Waals surface area contributed by atoms with Gasteiger partial charge in [0.25, 0.3) is 5.91 Å². The van der Waals surface area contributed by atoms with E-state index in [1.54, 1.807) is 18.3 Å². The maximum atomic E-state index is 12.0. The highest BCUT2D eigenvalue weighted by Gasteiger charge is 2.12. The van der Waals surface area contributed by atoms with Crippen molar-refractivity contribution in [1.82, 2.24) is 4.98 Å². The minimum atomic E-state index is -0.235. The molecule has 0 saturated heterocycles. The maximum absolute atomic E-state index is 12.0. The van der Waals surface area contributed by atoms with Crippen molar-refractivity contribution < 1.29 is 9.53 Å². The van der Waals surface area contributed by atoms with Crippen LogP contribution >= 0.6 is 22.6 Å². The van der Waals surface area contributed by atoms with E-state index >= 15 is 0 Å². The third kappa shape index (κ3) is 2.98. The molecule has 1 heterocycles. The molecule has 1 N–H and O–H groups in total. The van der Waals surface area contributed by atoms with Gasteiger partial charge >= 0.3 is 0 Å². The lowest BCUT2D eigenvalue weighted by Gasteiger charge is -2.08. The molecule has 2 rings (SSSR count). The third-order valence-corrected chi connectivity index (χ3v) is 3.03. The fourth-order valence-corrected chi connectivity index (χ4v) is 1.82. The summed E-state index contributed by atoms with van der Waals surface area (Å²) in [5.74, 6) is 0.0849. The number of amides is 1. The van der Waals surface area contributed by atoms with Crippen LogP contribution in [0.1, 0.15) is 10.4 Å². The monoisotopic (exact) mass is 354 g/mol. The summed E-state index contributed by atoms with van der Waals surface area (Å²) in [5, 5.41) is 2.80. The van der Waals surface area contributed by atoms with Gasteiger partial charge in [-0.1, -0.05) is 0 Å². The Morgan fingerprint density at radius 2 is 2.00 bits per heavy atom. The van der Waals surface area contributed by atoms with Crippen LogP contribution in [0, 0.1) is 3.57 Å². The molecule has 18 heavy (non-hydrogen) atoms. The molecule has 0 aliphatic rings. The molecule has 0 atom stereocenters. The number of nitrogens with zero attached hydrogens (tertiary/aromatic N) is 1. The molecular formula is C13H11IN2O2. The van der Waals surface area contributed by atoms with Gasteiger partial charge in [0, 0.05) is 15.5 Å². The summed E-state index contributed by atoms with van der Waals surface area (Å²) in [6.07, 6.45) is 1.58. The molecule has 5 heteroatoms. The van der Waals surface area contributed by atoms with Crippen LogP contribution in [0.2, 0.25) is 0 Å². The minimum absolute atomic E-state index is 0.235. The minimum Gasteiger partial charge on any atom is -0.480 e. The van der Waals surface area contributed by atoms with Crippen molar-refractivity contribution in [3.8, 4) is 5.88 Å². The molecule has 0 bridgehead atoms. The molecule has 4 nitrogen and oxygen atoms in total. The zero-order valence-corrected chi connectivity index (χ0v) is 11.8. The second-order valence-corrected chi connectivity index (χ2v) is 4.77. The van der Waals surface area contributed by atoms with Crippen molar-refractivity contribution >= 4 is 34.2 Å². The first-order valence-electron chi connectivity index (χ1n) is 5.26. The predicted octanol–water partition coefficient (Wildman–Crippen LogP) is 2.95. The molecular weight excluding hydrogens is 343 g/mol. The van der Waals surface area contributed by atoms with Gasteiger partial charge in [-0.15, -0.1) is 0 Å². The number of methoxy groups -OCH3 is 1. The molecule has 0 aliphatic heterocycles. The molecule has 1 aromatic carbocycles. The van der Waals surface area contributed by atoms with Crippen LogP contribution in [-0.4, -0.2) is 18.0 Å². The van der Waals surface area contributed by atoms with Crippen molar-refractivity contribution in [2.45, 2.75) is 0 Å². The lowest BCUT2D eigenvalue weighted by atomic mass is 10.2. The number of hydrogen-bond acceptors (Lipinski definition) is 3. The predicted molar refractivity (Wildman–Crippen MR) is 77.9 cm³/mol. The summed E-state index contributed by atoms with van der Waals surface area (Å²) in [4.78, 5) is 16.0. The zero-order chi connectivity index (χ0) is 13.0. The lowest BCUT2D eigenvalue weighted by molar-refractivity contribution is 0.102. The highest BCUT2D eigenvalue weighted by atomic mass is 127. The molecule has 1 amide bonds. The highest BCUT2D eigenvalue weighted by Crippen LogP contribution is 2.17. The summed E-state index contributed by atoms with van der Waals surface area (Å²) < 4.78 is 6.17. The number of halogens is 1. The van der Waals surface area contributed by atoms with Gasteiger partial charge in [-0.2, -0.15) is 0 Å². The van der Waals surface area contributed by atoms with Crippen LogP contribution in [0.3, 0.4) is 0 Å². The van der Waals surface area contributed by atoms with E-state index in [9.17, 15) is 4.79 Å². The molecule has 0 spiro atoms. The molecule has 0 radical (unpaired) electrons. The SMILES string of the molecule is COc1ncccc1C(=O)Nc1ccc(I)cc1. The van der Waals surface area contributed by atoms with Crippen LogP contribution in [0.4, 0.5) is 5.69 Å². The van der Waals surface area contributed by atoms with Crippen molar-refractivity contribution in [3.05, 3.63) is 51.7 Å². The summed E-state index contributed by atoms with van der Waals surface area (Å²) in [6.45, 7) is 0. The molecule has 0 aliphatic carbocycles. The Bertz CT molecular complexity index is 555. The Balaban J connectivity index is 2.19. The van der Waals surface area contributed by atoms with Gasteiger partial charge in [-0.05, 0) is 59.0 Å². The topological polar surface area (TPSA) is 51.2 Å². The molecule has 2 aromatic rings. The number of pyridine rings is 1.